The van der Waals surface area contributed by atoms with Crippen LogP contribution < -0.4 is 9.64 Å². The van der Waals surface area contributed by atoms with Gasteiger partial charge < -0.3 is 9.84 Å². The minimum Gasteiger partial charge on any atom is -0.481 e. The maximum absolute atomic E-state index is 12.7. The summed E-state index contributed by atoms with van der Waals surface area (Å²) >= 11 is 3.04. The first kappa shape index (κ1) is 15.7. The van der Waals surface area contributed by atoms with Crippen molar-refractivity contribution in [2.75, 3.05) is 23.5 Å². The second-order valence-electron chi connectivity index (χ2n) is 5.46. The number of carbonyl (C=O) groups excluding carboxylic acids is 1. The average molecular weight is 361 g/mol. The highest BCUT2D eigenvalue weighted by molar-refractivity contribution is 8.10. The van der Waals surface area contributed by atoms with E-state index in [-0.39, 0.29) is 5.91 Å². The number of nitrogens with zero attached hydrogens (tertiary/aromatic N) is 3. The summed E-state index contributed by atoms with van der Waals surface area (Å²) in [6.07, 6.45) is -0.970. The van der Waals surface area contributed by atoms with Crippen molar-refractivity contribution in [3.63, 3.8) is 0 Å². The van der Waals surface area contributed by atoms with Crippen molar-refractivity contribution in [1.29, 1.82) is 0 Å². The van der Waals surface area contributed by atoms with Crippen LogP contribution in [-0.2, 0) is 4.79 Å². The second-order valence-corrected chi connectivity index (χ2v) is 7.70. The highest BCUT2D eigenvalue weighted by atomic mass is 32.2. The van der Waals surface area contributed by atoms with Crippen LogP contribution in [0.25, 0.3) is 11.0 Å². The first-order valence-corrected chi connectivity index (χ1v) is 9.41. The summed E-state index contributed by atoms with van der Waals surface area (Å²) in [6.45, 7) is 1.96. The third kappa shape index (κ3) is 2.37. The van der Waals surface area contributed by atoms with Crippen LogP contribution in [0.5, 0.6) is 5.88 Å². The fraction of sp³-hybridized carbons (Fsp3) is 0.312. The number of rotatable bonds is 2. The molecule has 0 bridgehead atoms. The summed E-state index contributed by atoms with van der Waals surface area (Å²) in [7, 11) is 1.55. The second kappa shape index (κ2) is 5.94. The zero-order valence-electron chi connectivity index (χ0n) is 13.1. The summed E-state index contributed by atoms with van der Waals surface area (Å²) in [5, 5.41) is 11.5. The summed E-state index contributed by atoms with van der Waals surface area (Å²) in [4.78, 5) is 24.2. The smallest absolute Gasteiger partial charge is 0.269 e. The van der Waals surface area contributed by atoms with Gasteiger partial charge in [0.25, 0.3) is 5.91 Å². The molecule has 124 valence electrons. The number of carbonyl (C=O) groups is 1. The maximum Gasteiger partial charge on any atom is 0.269 e. The van der Waals surface area contributed by atoms with Gasteiger partial charge in [0.15, 0.2) is 11.9 Å². The van der Waals surface area contributed by atoms with Crippen LogP contribution in [-0.4, -0.2) is 45.8 Å². The molecule has 0 saturated carbocycles. The van der Waals surface area contributed by atoms with Gasteiger partial charge in [0.2, 0.25) is 5.88 Å². The van der Waals surface area contributed by atoms with Crippen molar-refractivity contribution in [3.05, 3.63) is 33.6 Å². The Kier molecular flexibility index (Phi) is 3.90. The largest absolute Gasteiger partial charge is 0.481 e. The van der Waals surface area contributed by atoms with Crippen molar-refractivity contribution in [2.45, 2.75) is 13.2 Å². The summed E-state index contributed by atoms with van der Waals surface area (Å²) in [6, 6.07) is 5.46. The van der Waals surface area contributed by atoms with E-state index in [1.165, 1.54) is 28.4 Å². The predicted molar refractivity (Wildman–Crippen MR) is 96.3 cm³/mol. The van der Waals surface area contributed by atoms with E-state index in [1.54, 1.807) is 13.2 Å². The van der Waals surface area contributed by atoms with Gasteiger partial charge in [0.05, 0.1) is 16.9 Å². The Morgan fingerprint density at radius 2 is 2.08 bits per heavy atom. The lowest BCUT2D eigenvalue weighted by Gasteiger charge is -2.21. The van der Waals surface area contributed by atoms with Crippen molar-refractivity contribution in [3.8, 4) is 5.88 Å². The van der Waals surface area contributed by atoms with E-state index in [0.717, 1.165) is 27.4 Å². The SMILES string of the molecule is COc1cc(C)c2ccc(N3C(=O)C4=C(SCCS4)C3O)nc2n1. The van der Waals surface area contributed by atoms with E-state index in [4.69, 9.17) is 4.74 Å². The summed E-state index contributed by atoms with van der Waals surface area (Å²) in [5.41, 5.74) is 1.49. The van der Waals surface area contributed by atoms with Crippen molar-refractivity contribution < 1.29 is 14.6 Å². The number of fused-ring (bicyclic) bond motifs is 1. The van der Waals surface area contributed by atoms with Gasteiger partial charge in [-0.25, -0.2) is 4.98 Å². The predicted octanol–water partition coefficient (Wildman–Crippen LogP) is 2.30. The molecule has 2 aromatic rings. The average Bonchev–Trinajstić information content (AvgIpc) is 2.85. The molecule has 1 amide bonds. The molecule has 8 heteroatoms. The normalized spacial score (nSPS) is 20.7. The molecule has 1 unspecified atom stereocenters. The Balaban J connectivity index is 1.78. The number of hydrogen-bond donors (Lipinski definition) is 1. The number of aliphatic hydroxyl groups is 1. The quantitative estimate of drug-likeness (QED) is 0.879. The molecule has 0 spiro atoms. The zero-order chi connectivity index (χ0) is 16.8. The number of amides is 1. The Morgan fingerprint density at radius 3 is 2.83 bits per heavy atom. The molecule has 0 aromatic carbocycles. The van der Waals surface area contributed by atoms with Crippen molar-refractivity contribution in [1.82, 2.24) is 9.97 Å². The number of aromatic nitrogens is 2. The molecule has 4 rings (SSSR count). The van der Waals surface area contributed by atoms with Gasteiger partial charge >= 0.3 is 0 Å². The molecule has 6 nitrogen and oxygen atoms in total. The number of methoxy groups -OCH3 is 1. The molecule has 1 N–H and O–H groups in total. The van der Waals surface area contributed by atoms with Crippen LogP contribution in [0.2, 0.25) is 0 Å². The van der Waals surface area contributed by atoms with Crippen LogP contribution in [0.1, 0.15) is 5.56 Å². The topological polar surface area (TPSA) is 75.5 Å². The Labute approximate surface area is 147 Å². The zero-order valence-corrected chi connectivity index (χ0v) is 14.8. The van der Waals surface area contributed by atoms with Gasteiger partial charge in [-0.15, -0.1) is 23.5 Å². The molecular formula is C16H15N3O3S2. The van der Waals surface area contributed by atoms with Gasteiger partial charge in [-0.1, -0.05) is 0 Å². The van der Waals surface area contributed by atoms with E-state index >= 15 is 0 Å². The number of ether oxygens (including phenoxy) is 1. The number of aliphatic hydroxyl groups excluding tert-OH is 1. The third-order valence-electron chi connectivity index (χ3n) is 4.00. The molecule has 0 aliphatic carbocycles. The van der Waals surface area contributed by atoms with Gasteiger partial charge in [-0.2, -0.15) is 4.98 Å². The maximum atomic E-state index is 12.7. The molecule has 0 fully saturated rings. The van der Waals surface area contributed by atoms with Gasteiger partial charge in [0, 0.05) is 23.0 Å². The fourth-order valence-corrected chi connectivity index (χ4v) is 5.21. The highest BCUT2D eigenvalue weighted by Gasteiger charge is 2.41. The van der Waals surface area contributed by atoms with Crippen LogP contribution in [0, 0.1) is 6.92 Å². The first-order valence-electron chi connectivity index (χ1n) is 7.44. The van der Waals surface area contributed by atoms with Gasteiger partial charge in [-0.3, -0.25) is 9.69 Å². The lowest BCUT2D eigenvalue weighted by atomic mass is 10.2. The molecule has 2 aromatic heterocycles. The fourth-order valence-electron chi connectivity index (χ4n) is 2.83. The molecule has 24 heavy (non-hydrogen) atoms. The van der Waals surface area contributed by atoms with E-state index in [1.807, 2.05) is 19.1 Å². The molecule has 0 radical (unpaired) electrons. The molecule has 2 aliphatic heterocycles. The van der Waals surface area contributed by atoms with E-state index in [0.29, 0.717) is 22.3 Å². The summed E-state index contributed by atoms with van der Waals surface area (Å²) in [5.74, 6) is 2.45. The lowest BCUT2D eigenvalue weighted by molar-refractivity contribution is -0.115. The Bertz CT molecular complexity index is 884. The van der Waals surface area contributed by atoms with Crippen molar-refractivity contribution >= 4 is 46.3 Å². The first-order chi connectivity index (χ1) is 11.6. The number of aryl methyl sites for hydroxylation is 1. The van der Waals surface area contributed by atoms with E-state index in [2.05, 4.69) is 9.97 Å². The number of pyridine rings is 2. The van der Waals surface area contributed by atoms with Crippen molar-refractivity contribution in [2.24, 2.45) is 0 Å². The van der Waals surface area contributed by atoms with E-state index in [9.17, 15) is 9.90 Å². The van der Waals surface area contributed by atoms with Crippen LogP contribution in [0.4, 0.5) is 5.82 Å². The van der Waals surface area contributed by atoms with Crippen LogP contribution in [0.3, 0.4) is 0 Å². The monoisotopic (exact) mass is 361 g/mol. The molecule has 2 aliphatic rings. The number of anilines is 1. The molecule has 0 saturated heterocycles. The van der Waals surface area contributed by atoms with E-state index < -0.39 is 6.23 Å². The number of hydrogen-bond acceptors (Lipinski definition) is 7. The minimum atomic E-state index is -0.970. The number of thioether (sulfide) groups is 2. The lowest BCUT2D eigenvalue weighted by Crippen LogP contribution is -2.35. The van der Waals surface area contributed by atoms with Crippen LogP contribution >= 0.6 is 23.5 Å². The Hall–Kier alpha value is -1.77. The van der Waals surface area contributed by atoms with Gasteiger partial charge in [0.1, 0.15) is 5.82 Å². The minimum absolute atomic E-state index is 0.193. The highest BCUT2D eigenvalue weighted by Crippen LogP contribution is 2.44. The standard InChI is InChI=1S/C16H15N3O3S2/c1-8-7-11(22-2)18-14-9(8)3-4-10(17-14)19-15(20)12-13(16(19)21)24-6-5-23-12/h3-4,7,15,20H,5-6H2,1-2H3. The molecular weight excluding hydrogens is 346 g/mol. The third-order valence-corrected chi connectivity index (χ3v) is 6.61. The van der Waals surface area contributed by atoms with Crippen LogP contribution in [0.15, 0.2) is 28.0 Å². The summed E-state index contributed by atoms with van der Waals surface area (Å²) < 4.78 is 5.19. The molecule has 1 atom stereocenters. The van der Waals surface area contributed by atoms with Gasteiger partial charge in [-0.05, 0) is 24.6 Å². The Morgan fingerprint density at radius 1 is 1.29 bits per heavy atom. The molecule has 4 heterocycles.